The van der Waals surface area contributed by atoms with Crippen molar-refractivity contribution in [2.45, 2.75) is 19.3 Å². The number of nitrogen functional groups attached to an aromatic ring is 1. The minimum Gasteiger partial charge on any atom is -0.382 e. The van der Waals surface area contributed by atoms with E-state index in [1.807, 2.05) is 4.90 Å². The van der Waals surface area contributed by atoms with Gasteiger partial charge in [-0.3, -0.25) is 9.48 Å². The maximum atomic E-state index is 12.0. The molecule has 1 fully saturated rings. The molecule has 2 N–H and O–H groups in total. The van der Waals surface area contributed by atoms with Gasteiger partial charge in [-0.05, 0) is 19.3 Å². The fourth-order valence-corrected chi connectivity index (χ4v) is 1.95. The molecule has 1 aliphatic heterocycles. The monoisotopic (exact) mass is 208 g/mol. The number of aryl methyl sites for hydroxylation is 1. The van der Waals surface area contributed by atoms with Gasteiger partial charge in [0.25, 0.3) is 5.91 Å². The van der Waals surface area contributed by atoms with E-state index >= 15 is 0 Å². The second-order valence-electron chi connectivity index (χ2n) is 3.93. The van der Waals surface area contributed by atoms with Crippen LogP contribution in [0.3, 0.4) is 0 Å². The van der Waals surface area contributed by atoms with Crippen molar-refractivity contribution in [2.24, 2.45) is 7.05 Å². The molecule has 1 aliphatic rings. The zero-order valence-electron chi connectivity index (χ0n) is 8.94. The van der Waals surface area contributed by atoms with Gasteiger partial charge in [0.15, 0.2) is 0 Å². The first kappa shape index (κ1) is 10.0. The molecule has 2 heterocycles. The van der Waals surface area contributed by atoms with Gasteiger partial charge in [-0.2, -0.15) is 5.10 Å². The molecule has 0 atom stereocenters. The van der Waals surface area contributed by atoms with Crippen LogP contribution >= 0.6 is 0 Å². The van der Waals surface area contributed by atoms with Crippen molar-refractivity contribution in [2.75, 3.05) is 18.8 Å². The molecular formula is C10H16N4O. The highest BCUT2D eigenvalue weighted by Gasteiger charge is 2.21. The number of piperidine rings is 1. The third-order valence-corrected chi connectivity index (χ3v) is 2.76. The number of rotatable bonds is 1. The molecule has 82 valence electrons. The van der Waals surface area contributed by atoms with E-state index in [1.54, 1.807) is 17.8 Å². The lowest BCUT2D eigenvalue weighted by Gasteiger charge is -2.26. The molecule has 1 aromatic rings. The van der Waals surface area contributed by atoms with Gasteiger partial charge in [0.2, 0.25) is 0 Å². The third-order valence-electron chi connectivity index (χ3n) is 2.76. The number of aromatic nitrogens is 2. The number of hydrogen-bond donors (Lipinski definition) is 1. The molecule has 5 nitrogen and oxygen atoms in total. The predicted molar refractivity (Wildman–Crippen MR) is 57.4 cm³/mol. The Kier molecular flexibility index (Phi) is 2.62. The van der Waals surface area contributed by atoms with Crippen molar-refractivity contribution < 1.29 is 4.79 Å². The lowest BCUT2D eigenvalue weighted by molar-refractivity contribution is 0.0713. The Morgan fingerprint density at radius 3 is 2.60 bits per heavy atom. The summed E-state index contributed by atoms with van der Waals surface area (Å²) in [6, 6.07) is 1.64. The Morgan fingerprint density at radius 2 is 2.07 bits per heavy atom. The third kappa shape index (κ3) is 1.95. The van der Waals surface area contributed by atoms with E-state index in [-0.39, 0.29) is 5.91 Å². The minimum absolute atomic E-state index is 0.0430. The molecule has 1 amide bonds. The van der Waals surface area contributed by atoms with Gasteiger partial charge in [-0.1, -0.05) is 0 Å². The molecule has 0 aliphatic carbocycles. The first-order chi connectivity index (χ1) is 7.18. The Morgan fingerprint density at radius 1 is 1.40 bits per heavy atom. The van der Waals surface area contributed by atoms with Crippen molar-refractivity contribution in [3.63, 3.8) is 0 Å². The molecule has 5 heteroatoms. The van der Waals surface area contributed by atoms with E-state index in [2.05, 4.69) is 5.10 Å². The first-order valence-corrected chi connectivity index (χ1v) is 5.27. The summed E-state index contributed by atoms with van der Waals surface area (Å²) in [6.07, 6.45) is 3.41. The SMILES string of the molecule is Cn1nc(N)cc1C(=O)N1CCCCC1. The summed E-state index contributed by atoms with van der Waals surface area (Å²) in [5.41, 5.74) is 6.12. The summed E-state index contributed by atoms with van der Waals surface area (Å²) in [6.45, 7) is 1.70. The number of nitrogens with zero attached hydrogens (tertiary/aromatic N) is 3. The standard InChI is InChI=1S/C10H16N4O/c1-13-8(7-9(11)12-13)10(15)14-5-3-2-4-6-14/h7H,2-6H2,1H3,(H2,11,12). The van der Waals surface area contributed by atoms with Gasteiger partial charge in [0, 0.05) is 26.2 Å². The quantitative estimate of drug-likeness (QED) is 0.736. The number of anilines is 1. The van der Waals surface area contributed by atoms with Gasteiger partial charge in [-0.15, -0.1) is 0 Å². The van der Waals surface area contributed by atoms with E-state index in [0.717, 1.165) is 25.9 Å². The predicted octanol–water partition coefficient (Wildman–Crippen LogP) is 0.628. The lowest BCUT2D eigenvalue weighted by Crippen LogP contribution is -2.36. The molecule has 0 spiro atoms. The van der Waals surface area contributed by atoms with Gasteiger partial charge in [-0.25, -0.2) is 0 Å². The smallest absolute Gasteiger partial charge is 0.272 e. The topological polar surface area (TPSA) is 64.2 Å². The number of amides is 1. The summed E-state index contributed by atoms with van der Waals surface area (Å²) < 4.78 is 1.55. The fourth-order valence-electron chi connectivity index (χ4n) is 1.95. The first-order valence-electron chi connectivity index (χ1n) is 5.27. The van der Waals surface area contributed by atoms with Crippen molar-refractivity contribution in [3.05, 3.63) is 11.8 Å². The number of carbonyl (C=O) groups excluding carboxylic acids is 1. The van der Waals surface area contributed by atoms with Gasteiger partial charge >= 0.3 is 0 Å². The van der Waals surface area contributed by atoms with Crippen LogP contribution in [0.15, 0.2) is 6.07 Å². The average Bonchev–Trinajstić information content (AvgIpc) is 2.58. The van der Waals surface area contributed by atoms with Crippen molar-refractivity contribution in [1.29, 1.82) is 0 Å². The van der Waals surface area contributed by atoms with Crippen LogP contribution in [0.2, 0.25) is 0 Å². The number of hydrogen-bond acceptors (Lipinski definition) is 3. The van der Waals surface area contributed by atoms with Gasteiger partial charge in [0.05, 0.1) is 0 Å². The summed E-state index contributed by atoms with van der Waals surface area (Å²) in [4.78, 5) is 13.9. The lowest BCUT2D eigenvalue weighted by atomic mass is 10.1. The highest BCUT2D eigenvalue weighted by Crippen LogP contribution is 2.14. The van der Waals surface area contributed by atoms with E-state index in [4.69, 9.17) is 5.73 Å². The average molecular weight is 208 g/mol. The molecule has 0 saturated carbocycles. The van der Waals surface area contributed by atoms with Crippen LogP contribution in [0, 0.1) is 0 Å². The molecule has 15 heavy (non-hydrogen) atoms. The zero-order valence-corrected chi connectivity index (χ0v) is 8.94. The highest BCUT2D eigenvalue weighted by molar-refractivity contribution is 5.93. The summed E-state index contributed by atoms with van der Waals surface area (Å²) in [5, 5.41) is 3.97. The molecule has 0 aromatic carbocycles. The van der Waals surface area contributed by atoms with E-state index in [9.17, 15) is 4.79 Å². The molecule has 2 rings (SSSR count). The molecule has 1 aromatic heterocycles. The summed E-state index contributed by atoms with van der Waals surface area (Å²) in [5.74, 6) is 0.444. The van der Waals surface area contributed by atoms with Crippen LogP contribution in [0.1, 0.15) is 29.8 Å². The van der Waals surface area contributed by atoms with Crippen molar-refractivity contribution in [1.82, 2.24) is 14.7 Å². The number of likely N-dealkylation sites (tertiary alicyclic amines) is 1. The maximum absolute atomic E-state index is 12.0. The Hall–Kier alpha value is -1.52. The molecule has 1 saturated heterocycles. The molecule has 0 bridgehead atoms. The molecule has 0 unspecified atom stereocenters. The highest BCUT2D eigenvalue weighted by atomic mass is 16.2. The summed E-state index contributed by atoms with van der Waals surface area (Å²) >= 11 is 0. The Balaban J connectivity index is 2.16. The van der Waals surface area contributed by atoms with Gasteiger partial charge < -0.3 is 10.6 Å². The van der Waals surface area contributed by atoms with E-state index in [1.165, 1.54) is 6.42 Å². The van der Waals surface area contributed by atoms with Gasteiger partial charge in [0.1, 0.15) is 11.5 Å². The number of carbonyl (C=O) groups is 1. The van der Waals surface area contributed by atoms with Crippen LogP contribution in [0.5, 0.6) is 0 Å². The van der Waals surface area contributed by atoms with Crippen molar-refractivity contribution in [3.8, 4) is 0 Å². The van der Waals surface area contributed by atoms with Crippen LogP contribution in [-0.2, 0) is 7.05 Å². The molecular weight excluding hydrogens is 192 g/mol. The van der Waals surface area contributed by atoms with Crippen LogP contribution in [-0.4, -0.2) is 33.7 Å². The van der Waals surface area contributed by atoms with Crippen LogP contribution in [0.25, 0.3) is 0 Å². The van der Waals surface area contributed by atoms with E-state index < -0.39 is 0 Å². The second-order valence-corrected chi connectivity index (χ2v) is 3.93. The Bertz CT molecular complexity index is 365. The normalized spacial score (nSPS) is 16.7. The zero-order chi connectivity index (χ0) is 10.8. The van der Waals surface area contributed by atoms with Crippen LogP contribution < -0.4 is 5.73 Å². The second kappa shape index (κ2) is 3.92. The number of nitrogens with two attached hydrogens (primary N) is 1. The largest absolute Gasteiger partial charge is 0.382 e. The Labute approximate surface area is 88.8 Å². The molecule has 0 radical (unpaired) electrons. The van der Waals surface area contributed by atoms with Crippen LogP contribution in [0.4, 0.5) is 5.82 Å². The maximum Gasteiger partial charge on any atom is 0.272 e. The summed E-state index contributed by atoms with van der Waals surface area (Å²) in [7, 11) is 1.74. The van der Waals surface area contributed by atoms with Crippen molar-refractivity contribution >= 4 is 11.7 Å². The minimum atomic E-state index is 0.0430. The fraction of sp³-hybridized carbons (Fsp3) is 0.600. The van der Waals surface area contributed by atoms with E-state index in [0.29, 0.717) is 11.5 Å².